The zero-order valence-corrected chi connectivity index (χ0v) is 9.74. The minimum Gasteiger partial charge on any atom is -0.380 e. The van der Waals surface area contributed by atoms with E-state index in [4.69, 9.17) is 14.2 Å². The molecular formula is C12H18O3. The number of hydrogen-bond acceptors (Lipinski definition) is 3. The Bertz CT molecular complexity index is 306. The Labute approximate surface area is 91.0 Å². The molecule has 0 fully saturated rings. The van der Waals surface area contributed by atoms with Crippen molar-refractivity contribution in [1.82, 2.24) is 0 Å². The van der Waals surface area contributed by atoms with Crippen LogP contribution in [0, 0.1) is 6.92 Å². The van der Waals surface area contributed by atoms with Crippen molar-refractivity contribution in [3.05, 3.63) is 34.9 Å². The Kier molecular flexibility index (Phi) is 4.75. The van der Waals surface area contributed by atoms with E-state index in [2.05, 4.69) is 12.1 Å². The molecule has 0 N–H and O–H groups in total. The van der Waals surface area contributed by atoms with Gasteiger partial charge in [0, 0.05) is 26.9 Å². The maximum Gasteiger partial charge on any atom is 0.183 e. The minimum absolute atomic E-state index is 0.304. The Balaban J connectivity index is 2.98. The van der Waals surface area contributed by atoms with Gasteiger partial charge < -0.3 is 14.2 Å². The maximum atomic E-state index is 5.24. The van der Waals surface area contributed by atoms with Gasteiger partial charge in [-0.2, -0.15) is 0 Å². The fourth-order valence-electron chi connectivity index (χ4n) is 1.55. The number of aryl methyl sites for hydroxylation is 1. The minimum atomic E-state index is -0.304. The van der Waals surface area contributed by atoms with E-state index in [9.17, 15) is 0 Å². The summed E-state index contributed by atoms with van der Waals surface area (Å²) in [6.07, 6.45) is -0.304. The Morgan fingerprint density at radius 3 is 2.33 bits per heavy atom. The molecular weight excluding hydrogens is 192 g/mol. The van der Waals surface area contributed by atoms with Crippen molar-refractivity contribution in [3.8, 4) is 0 Å². The average molecular weight is 210 g/mol. The molecule has 0 amide bonds. The van der Waals surface area contributed by atoms with Crippen molar-refractivity contribution in [1.29, 1.82) is 0 Å². The van der Waals surface area contributed by atoms with Gasteiger partial charge in [-0.15, -0.1) is 0 Å². The van der Waals surface area contributed by atoms with E-state index in [1.165, 1.54) is 0 Å². The fourth-order valence-corrected chi connectivity index (χ4v) is 1.55. The van der Waals surface area contributed by atoms with Crippen molar-refractivity contribution >= 4 is 0 Å². The highest BCUT2D eigenvalue weighted by molar-refractivity contribution is 5.31. The first-order valence-corrected chi connectivity index (χ1v) is 4.87. The fraction of sp³-hybridized carbons (Fsp3) is 0.500. The van der Waals surface area contributed by atoms with Gasteiger partial charge in [0.05, 0.1) is 6.61 Å². The van der Waals surface area contributed by atoms with Crippen molar-refractivity contribution in [3.63, 3.8) is 0 Å². The first-order chi connectivity index (χ1) is 7.22. The molecule has 1 aromatic carbocycles. The van der Waals surface area contributed by atoms with Crippen LogP contribution in [0.4, 0.5) is 0 Å². The third-order valence-electron chi connectivity index (χ3n) is 2.34. The van der Waals surface area contributed by atoms with Crippen LogP contribution in [0.5, 0.6) is 0 Å². The monoisotopic (exact) mass is 210 g/mol. The van der Waals surface area contributed by atoms with Gasteiger partial charge in [-0.25, -0.2) is 0 Å². The van der Waals surface area contributed by atoms with E-state index in [0.29, 0.717) is 6.61 Å². The van der Waals surface area contributed by atoms with Crippen LogP contribution in [-0.2, 0) is 20.8 Å². The van der Waals surface area contributed by atoms with Crippen LogP contribution < -0.4 is 0 Å². The van der Waals surface area contributed by atoms with Gasteiger partial charge in [0.15, 0.2) is 6.29 Å². The van der Waals surface area contributed by atoms with E-state index in [0.717, 1.165) is 16.7 Å². The summed E-state index contributed by atoms with van der Waals surface area (Å²) in [4.78, 5) is 0. The molecule has 0 spiro atoms. The van der Waals surface area contributed by atoms with Crippen molar-refractivity contribution in [2.24, 2.45) is 0 Å². The third-order valence-corrected chi connectivity index (χ3v) is 2.34. The largest absolute Gasteiger partial charge is 0.380 e. The molecule has 0 unspecified atom stereocenters. The molecule has 0 aromatic heterocycles. The van der Waals surface area contributed by atoms with Crippen molar-refractivity contribution in [2.75, 3.05) is 21.3 Å². The lowest BCUT2D eigenvalue weighted by Gasteiger charge is -2.17. The summed E-state index contributed by atoms with van der Waals surface area (Å²) < 4.78 is 15.6. The van der Waals surface area contributed by atoms with Crippen LogP contribution >= 0.6 is 0 Å². The van der Waals surface area contributed by atoms with Crippen molar-refractivity contribution in [2.45, 2.75) is 19.8 Å². The van der Waals surface area contributed by atoms with Crippen LogP contribution in [-0.4, -0.2) is 21.3 Å². The predicted molar refractivity (Wildman–Crippen MR) is 58.7 cm³/mol. The van der Waals surface area contributed by atoms with E-state index < -0.39 is 0 Å². The van der Waals surface area contributed by atoms with Gasteiger partial charge in [0.25, 0.3) is 0 Å². The van der Waals surface area contributed by atoms with Gasteiger partial charge >= 0.3 is 0 Å². The Morgan fingerprint density at radius 1 is 1.13 bits per heavy atom. The summed E-state index contributed by atoms with van der Waals surface area (Å²) in [6.45, 7) is 2.64. The van der Waals surface area contributed by atoms with Crippen LogP contribution in [0.25, 0.3) is 0 Å². The molecule has 0 radical (unpaired) electrons. The van der Waals surface area contributed by atoms with Crippen LogP contribution in [0.15, 0.2) is 18.2 Å². The first kappa shape index (κ1) is 12.2. The Morgan fingerprint density at radius 2 is 1.80 bits per heavy atom. The molecule has 84 valence electrons. The Hall–Kier alpha value is -0.900. The molecule has 0 saturated heterocycles. The lowest BCUT2D eigenvalue weighted by molar-refractivity contribution is -0.106. The molecule has 15 heavy (non-hydrogen) atoms. The summed E-state index contributed by atoms with van der Waals surface area (Å²) in [6, 6.07) is 6.15. The van der Waals surface area contributed by atoms with Gasteiger partial charge in [0.2, 0.25) is 0 Å². The molecule has 1 aromatic rings. The topological polar surface area (TPSA) is 27.7 Å². The van der Waals surface area contributed by atoms with Gasteiger partial charge in [-0.1, -0.05) is 12.1 Å². The first-order valence-electron chi connectivity index (χ1n) is 4.87. The molecule has 3 nitrogen and oxygen atoms in total. The number of benzene rings is 1. The summed E-state index contributed by atoms with van der Waals surface area (Å²) in [5, 5.41) is 0. The highest BCUT2D eigenvalue weighted by Crippen LogP contribution is 2.22. The van der Waals surface area contributed by atoms with Crippen molar-refractivity contribution < 1.29 is 14.2 Å². The third kappa shape index (κ3) is 3.02. The highest BCUT2D eigenvalue weighted by Gasteiger charge is 2.12. The highest BCUT2D eigenvalue weighted by atomic mass is 16.7. The second-order valence-electron chi connectivity index (χ2n) is 3.43. The number of methoxy groups -OCH3 is 3. The molecule has 0 bridgehead atoms. The lowest BCUT2D eigenvalue weighted by atomic mass is 10.0. The summed E-state index contributed by atoms with van der Waals surface area (Å²) in [7, 11) is 4.96. The zero-order valence-electron chi connectivity index (χ0n) is 9.74. The standard InChI is InChI=1S/C12H18O3/c1-9-5-6-10(8-13-2)7-11(9)12(14-3)15-4/h5-7,12H,8H2,1-4H3. The lowest BCUT2D eigenvalue weighted by Crippen LogP contribution is -2.06. The number of rotatable bonds is 5. The molecule has 0 aliphatic carbocycles. The molecule has 0 aliphatic rings. The second kappa shape index (κ2) is 5.85. The van der Waals surface area contributed by atoms with Crippen LogP contribution in [0.3, 0.4) is 0 Å². The van der Waals surface area contributed by atoms with Gasteiger partial charge in [-0.3, -0.25) is 0 Å². The quantitative estimate of drug-likeness (QED) is 0.698. The molecule has 0 atom stereocenters. The van der Waals surface area contributed by atoms with E-state index in [1.54, 1.807) is 21.3 Å². The summed E-state index contributed by atoms with van der Waals surface area (Å²) in [5.74, 6) is 0. The van der Waals surface area contributed by atoms with Gasteiger partial charge in [-0.05, 0) is 24.1 Å². The van der Waals surface area contributed by atoms with Crippen LogP contribution in [0.1, 0.15) is 23.0 Å². The summed E-state index contributed by atoms with van der Waals surface area (Å²) >= 11 is 0. The van der Waals surface area contributed by atoms with E-state index in [-0.39, 0.29) is 6.29 Å². The number of hydrogen-bond donors (Lipinski definition) is 0. The number of ether oxygens (including phenoxy) is 3. The molecule has 3 heteroatoms. The van der Waals surface area contributed by atoms with Gasteiger partial charge in [0.1, 0.15) is 0 Å². The maximum absolute atomic E-state index is 5.24. The van der Waals surface area contributed by atoms with Crippen LogP contribution in [0.2, 0.25) is 0 Å². The van der Waals surface area contributed by atoms with E-state index in [1.807, 2.05) is 13.0 Å². The molecule has 0 aliphatic heterocycles. The molecule has 0 saturated carbocycles. The smallest absolute Gasteiger partial charge is 0.183 e. The molecule has 1 rings (SSSR count). The second-order valence-corrected chi connectivity index (χ2v) is 3.43. The predicted octanol–water partition coefficient (Wildman–Crippen LogP) is 2.43. The SMILES string of the molecule is COCc1ccc(C)c(C(OC)OC)c1. The van der Waals surface area contributed by atoms with E-state index >= 15 is 0 Å². The normalized spacial score (nSPS) is 11.0. The summed E-state index contributed by atoms with van der Waals surface area (Å²) in [5.41, 5.74) is 3.33. The average Bonchev–Trinajstić information content (AvgIpc) is 2.24. The zero-order chi connectivity index (χ0) is 11.3. The molecule has 0 heterocycles.